The maximum Gasteiger partial charge on any atom is 2.00 e. The van der Waals surface area contributed by atoms with Crippen molar-refractivity contribution >= 4 is 0 Å². The minimum absolute atomic E-state index is 0. The summed E-state index contributed by atoms with van der Waals surface area (Å²) in [5.41, 5.74) is 0.722. The average molecular weight is 351 g/mol. The summed E-state index contributed by atoms with van der Waals surface area (Å²) in [7, 11) is 4.00. The smallest absolute Gasteiger partial charge is 0.459 e. The predicted octanol–water partition coefficient (Wildman–Crippen LogP) is 2.74. The summed E-state index contributed by atoms with van der Waals surface area (Å²) in [5, 5.41) is 0. The van der Waals surface area contributed by atoms with E-state index in [2.05, 4.69) is 25.8 Å². The minimum Gasteiger partial charge on any atom is -0.459 e. The van der Waals surface area contributed by atoms with Crippen LogP contribution in [0.3, 0.4) is 0 Å². The molecule has 1 aliphatic carbocycles. The van der Waals surface area contributed by atoms with E-state index in [4.69, 9.17) is 0 Å². The van der Waals surface area contributed by atoms with E-state index in [-0.39, 0.29) is 21.1 Å². The molecule has 1 aliphatic heterocycles. The van der Waals surface area contributed by atoms with Crippen LogP contribution in [0.25, 0.3) is 0 Å². The molecule has 0 bridgehead atoms. The van der Waals surface area contributed by atoms with Crippen molar-refractivity contribution in [1.82, 2.24) is 4.90 Å². The number of piperidine rings is 1. The van der Waals surface area contributed by atoms with E-state index in [1.165, 1.54) is 32.4 Å². The van der Waals surface area contributed by atoms with Gasteiger partial charge in [-0.25, -0.2) is 0 Å². The summed E-state index contributed by atoms with van der Waals surface area (Å²) < 4.78 is 0. The molecule has 13 heavy (non-hydrogen) atoms. The molecule has 0 aromatic heterocycles. The SMILES string of the molecule is [CH2-]C.[CH2-]N1CCC[C@]2(C[C@H]2C)C1.[W+2]. The molecule has 2 atom stereocenters. The molecule has 0 aromatic rings. The molecule has 0 amide bonds. The second kappa shape index (κ2) is 5.51. The zero-order chi connectivity index (χ0) is 9.19. The third-order valence-electron chi connectivity index (χ3n) is 3.29. The molecule has 1 heterocycles. The van der Waals surface area contributed by atoms with Crippen molar-refractivity contribution in [3.63, 3.8) is 0 Å². The number of hydrogen-bond acceptors (Lipinski definition) is 1. The standard InChI is InChI=1S/C9H16N.C2H5.W/c1-8-6-9(8)4-3-5-10(2)7-9;1-2;/h8H,2-7H2,1H3;1H2,2H3;/q2*-1;+2/t8-,9+;;/m1../s1. The molecule has 2 aliphatic rings. The molecular formula is C11H21NW. The Balaban J connectivity index is 0.000000451. The summed E-state index contributed by atoms with van der Waals surface area (Å²) in [6, 6.07) is 0. The fraction of sp³-hybridized carbons (Fsp3) is 0.818. The topological polar surface area (TPSA) is 3.24 Å². The molecule has 0 aromatic carbocycles. The van der Waals surface area contributed by atoms with Crippen LogP contribution in [0, 0.1) is 25.3 Å². The van der Waals surface area contributed by atoms with Gasteiger partial charge in [-0.2, -0.15) is 6.92 Å². The van der Waals surface area contributed by atoms with Gasteiger partial charge in [0.1, 0.15) is 0 Å². The van der Waals surface area contributed by atoms with Crippen LogP contribution in [0.4, 0.5) is 0 Å². The molecule has 1 spiro atoms. The van der Waals surface area contributed by atoms with Gasteiger partial charge in [0.15, 0.2) is 0 Å². The monoisotopic (exact) mass is 351 g/mol. The van der Waals surface area contributed by atoms with Crippen LogP contribution in [0.2, 0.25) is 0 Å². The zero-order valence-corrected chi connectivity index (χ0v) is 11.8. The van der Waals surface area contributed by atoms with E-state index < -0.39 is 0 Å². The van der Waals surface area contributed by atoms with Crippen LogP contribution in [0.5, 0.6) is 0 Å². The third-order valence-corrected chi connectivity index (χ3v) is 3.29. The summed E-state index contributed by atoms with van der Waals surface area (Å²) in [5.74, 6) is 0.983. The Morgan fingerprint density at radius 2 is 1.92 bits per heavy atom. The van der Waals surface area contributed by atoms with Crippen molar-refractivity contribution in [3.8, 4) is 0 Å². The Hall–Kier alpha value is 0.648. The first-order valence-corrected chi connectivity index (χ1v) is 4.99. The molecule has 0 N–H and O–H groups in total. The van der Waals surface area contributed by atoms with Crippen LogP contribution in [0.1, 0.15) is 33.1 Å². The van der Waals surface area contributed by atoms with Crippen LogP contribution in [-0.2, 0) is 21.1 Å². The van der Waals surface area contributed by atoms with Crippen LogP contribution >= 0.6 is 0 Å². The second-order valence-corrected chi connectivity index (χ2v) is 4.12. The fourth-order valence-corrected chi connectivity index (χ4v) is 2.38. The minimum atomic E-state index is 0. The van der Waals surface area contributed by atoms with E-state index >= 15 is 0 Å². The molecular weight excluding hydrogens is 330 g/mol. The van der Waals surface area contributed by atoms with Gasteiger partial charge in [0.05, 0.1) is 0 Å². The van der Waals surface area contributed by atoms with Gasteiger partial charge in [-0.05, 0) is 43.7 Å². The quantitative estimate of drug-likeness (QED) is 0.607. The van der Waals surface area contributed by atoms with E-state index in [0.29, 0.717) is 0 Å². The summed E-state index contributed by atoms with van der Waals surface area (Å²) in [6.07, 6.45) is 4.28. The molecule has 2 rings (SSSR count). The first kappa shape index (κ1) is 13.6. The first-order valence-electron chi connectivity index (χ1n) is 4.99. The molecule has 2 fully saturated rings. The van der Waals surface area contributed by atoms with Gasteiger partial charge in [-0.1, -0.05) is 6.92 Å². The van der Waals surface area contributed by atoms with Crippen molar-refractivity contribution < 1.29 is 21.1 Å². The maximum atomic E-state index is 4.00. The first-order chi connectivity index (χ1) is 5.73. The molecule has 0 radical (unpaired) electrons. The molecule has 1 saturated carbocycles. The van der Waals surface area contributed by atoms with Crippen molar-refractivity contribution in [3.05, 3.63) is 14.0 Å². The number of likely N-dealkylation sites (tertiary alicyclic amines) is 1. The number of hydrogen-bond donors (Lipinski definition) is 0. The molecule has 2 heteroatoms. The molecule has 0 unspecified atom stereocenters. The van der Waals surface area contributed by atoms with Gasteiger partial charge >= 0.3 is 21.1 Å². The van der Waals surface area contributed by atoms with Crippen LogP contribution in [0.15, 0.2) is 0 Å². The molecule has 1 saturated heterocycles. The van der Waals surface area contributed by atoms with Gasteiger partial charge in [0, 0.05) is 0 Å². The van der Waals surface area contributed by atoms with Crippen molar-refractivity contribution in [2.75, 3.05) is 13.1 Å². The maximum absolute atomic E-state index is 4.00. The fourth-order valence-electron chi connectivity index (χ4n) is 2.38. The Morgan fingerprint density at radius 3 is 2.23 bits per heavy atom. The van der Waals surface area contributed by atoms with Gasteiger partial charge in [-0.15, -0.1) is 0 Å². The van der Waals surface area contributed by atoms with Crippen molar-refractivity contribution in [2.24, 2.45) is 11.3 Å². The van der Waals surface area contributed by atoms with E-state index in [1.54, 1.807) is 6.92 Å². The van der Waals surface area contributed by atoms with E-state index in [9.17, 15) is 0 Å². The Morgan fingerprint density at radius 1 is 1.38 bits per heavy atom. The summed E-state index contributed by atoms with van der Waals surface area (Å²) >= 11 is 0. The van der Waals surface area contributed by atoms with Crippen molar-refractivity contribution in [1.29, 1.82) is 0 Å². The van der Waals surface area contributed by atoms with Crippen molar-refractivity contribution in [2.45, 2.75) is 33.1 Å². The summed E-state index contributed by atoms with van der Waals surface area (Å²) in [6.45, 7) is 9.85. The van der Waals surface area contributed by atoms with Gasteiger partial charge in [0.2, 0.25) is 0 Å². The van der Waals surface area contributed by atoms with Gasteiger partial charge < -0.3 is 11.8 Å². The number of nitrogens with zero attached hydrogens (tertiary/aromatic N) is 1. The molecule has 1 nitrogen and oxygen atoms in total. The van der Waals surface area contributed by atoms with Crippen LogP contribution < -0.4 is 0 Å². The number of rotatable bonds is 0. The Kier molecular flexibility index (Phi) is 5.78. The normalized spacial score (nSPS) is 37.4. The second-order valence-electron chi connectivity index (χ2n) is 4.12. The zero-order valence-electron chi connectivity index (χ0n) is 8.88. The third kappa shape index (κ3) is 3.06. The van der Waals surface area contributed by atoms with Crippen LogP contribution in [-0.4, -0.2) is 18.0 Å². The summed E-state index contributed by atoms with van der Waals surface area (Å²) in [4.78, 5) is 2.24. The van der Waals surface area contributed by atoms with Gasteiger partial charge in [-0.3, -0.25) is 7.05 Å². The Bertz CT molecular complexity index is 149. The largest absolute Gasteiger partial charge is 2.00 e. The molecule has 76 valence electrons. The predicted molar refractivity (Wildman–Crippen MR) is 53.4 cm³/mol. The average Bonchev–Trinajstić information content (AvgIpc) is 2.64. The van der Waals surface area contributed by atoms with E-state index in [1.807, 2.05) is 0 Å². The van der Waals surface area contributed by atoms with E-state index in [0.717, 1.165) is 11.3 Å². The van der Waals surface area contributed by atoms with Gasteiger partial charge in [0.25, 0.3) is 0 Å². The Labute approximate surface area is 97.5 Å².